The van der Waals surface area contributed by atoms with Gasteiger partial charge in [-0.25, -0.2) is 4.79 Å². The van der Waals surface area contributed by atoms with Gasteiger partial charge in [-0.15, -0.1) is 0 Å². The van der Waals surface area contributed by atoms with Gasteiger partial charge in [0.2, 0.25) is 0 Å². The van der Waals surface area contributed by atoms with Gasteiger partial charge in [-0.2, -0.15) is 13.2 Å². The molecule has 0 bridgehead atoms. The minimum atomic E-state index is -4.46. The third kappa shape index (κ3) is 6.47. The van der Waals surface area contributed by atoms with Gasteiger partial charge in [0.25, 0.3) is 0 Å². The molecule has 1 amide bonds. The van der Waals surface area contributed by atoms with E-state index in [0.29, 0.717) is 5.56 Å². The lowest BCUT2D eigenvalue weighted by atomic mass is 10.0. The number of amides is 1. The van der Waals surface area contributed by atoms with E-state index < -0.39 is 35.4 Å². The Hall–Kier alpha value is -2.25. The fraction of sp³-hybridized carbons (Fsp3) is 0.500. The molecule has 0 aromatic heterocycles. The summed E-state index contributed by atoms with van der Waals surface area (Å²) in [5, 5.41) is 2.47. The molecule has 1 N–H and O–H groups in total. The van der Waals surface area contributed by atoms with Crippen molar-refractivity contribution >= 4 is 12.1 Å². The van der Waals surface area contributed by atoms with Crippen LogP contribution in [0.5, 0.6) is 0 Å². The molecule has 1 aromatic carbocycles. The number of nitrogens with one attached hydrogen (secondary N) is 1. The Labute approximate surface area is 138 Å². The van der Waals surface area contributed by atoms with Crippen molar-refractivity contribution in [2.24, 2.45) is 0 Å². The Balaban J connectivity index is 2.97. The average molecular weight is 347 g/mol. The first-order valence-corrected chi connectivity index (χ1v) is 7.16. The van der Waals surface area contributed by atoms with Crippen LogP contribution in [0.4, 0.5) is 18.0 Å². The summed E-state index contributed by atoms with van der Waals surface area (Å²) in [5.74, 6) is -0.615. The van der Waals surface area contributed by atoms with Gasteiger partial charge >= 0.3 is 18.2 Å². The van der Waals surface area contributed by atoms with Crippen LogP contribution >= 0.6 is 0 Å². The van der Waals surface area contributed by atoms with Crippen LogP contribution in [0.2, 0.25) is 0 Å². The van der Waals surface area contributed by atoms with Crippen molar-refractivity contribution < 1.29 is 32.2 Å². The molecule has 0 radical (unpaired) electrons. The molecule has 1 rings (SSSR count). The largest absolute Gasteiger partial charge is 0.469 e. The Morgan fingerprint density at radius 1 is 1.12 bits per heavy atom. The standard InChI is InChI=1S/C16H20F3NO4/c1-15(2,3)24-14(22)20-12(9-13(21)23-4)10-5-7-11(8-6-10)16(17,18)19/h5-8,12H,9H2,1-4H3,(H,20,22)/t12-/m0/s1. The van der Waals surface area contributed by atoms with Crippen LogP contribution in [0.1, 0.15) is 44.4 Å². The Kier molecular flexibility index (Phi) is 6.22. The quantitative estimate of drug-likeness (QED) is 0.841. The van der Waals surface area contributed by atoms with Gasteiger partial charge in [-0.3, -0.25) is 4.79 Å². The van der Waals surface area contributed by atoms with E-state index in [9.17, 15) is 22.8 Å². The molecule has 8 heteroatoms. The zero-order valence-electron chi connectivity index (χ0n) is 13.9. The van der Waals surface area contributed by atoms with Gasteiger partial charge in [0, 0.05) is 0 Å². The van der Waals surface area contributed by atoms with Crippen LogP contribution in [0.15, 0.2) is 24.3 Å². The number of hydrogen-bond donors (Lipinski definition) is 1. The van der Waals surface area contributed by atoms with E-state index in [4.69, 9.17) is 4.74 Å². The predicted octanol–water partition coefficient (Wildman–Crippen LogP) is 3.83. The van der Waals surface area contributed by atoms with Crippen molar-refractivity contribution in [1.82, 2.24) is 5.32 Å². The maximum absolute atomic E-state index is 12.6. The van der Waals surface area contributed by atoms with Crippen molar-refractivity contribution in [3.8, 4) is 0 Å². The third-order valence-corrected chi connectivity index (χ3v) is 2.93. The number of hydrogen-bond acceptors (Lipinski definition) is 4. The Morgan fingerprint density at radius 2 is 1.67 bits per heavy atom. The minimum absolute atomic E-state index is 0.235. The number of alkyl halides is 3. The van der Waals surface area contributed by atoms with Gasteiger partial charge in [0.15, 0.2) is 0 Å². The van der Waals surface area contributed by atoms with E-state index in [2.05, 4.69) is 10.1 Å². The number of benzene rings is 1. The number of carbonyl (C=O) groups is 2. The number of esters is 1. The lowest BCUT2D eigenvalue weighted by molar-refractivity contribution is -0.141. The van der Waals surface area contributed by atoms with E-state index in [0.717, 1.165) is 12.1 Å². The van der Waals surface area contributed by atoms with E-state index in [1.54, 1.807) is 20.8 Å². The monoisotopic (exact) mass is 347 g/mol. The summed E-state index contributed by atoms with van der Waals surface area (Å²) in [4.78, 5) is 23.4. The number of carbonyl (C=O) groups excluding carboxylic acids is 2. The fourth-order valence-corrected chi connectivity index (χ4v) is 1.86. The second-order valence-electron chi connectivity index (χ2n) is 6.10. The van der Waals surface area contributed by atoms with Crippen molar-refractivity contribution in [1.29, 1.82) is 0 Å². The van der Waals surface area contributed by atoms with Crippen LogP contribution in [-0.4, -0.2) is 24.8 Å². The molecular formula is C16H20F3NO4. The summed E-state index contributed by atoms with van der Waals surface area (Å²) in [6.07, 6.45) is -5.48. The molecule has 134 valence electrons. The molecule has 0 fully saturated rings. The molecule has 1 aromatic rings. The Bertz CT molecular complexity index is 576. The molecule has 5 nitrogen and oxygen atoms in total. The first-order chi connectivity index (χ1) is 10.9. The summed E-state index contributed by atoms with van der Waals surface area (Å²) in [6.45, 7) is 5.00. The number of alkyl carbamates (subject to hydrolysis) is 1. The number of methoxy groups -OCH3 is 1. The SMILES string of the molecule is COC(=O)C[C@H](NC(=O)OC(C)(C)C)c1ccc(C(F)(F)F)cc1. The highest BCUT2D eigenvalue weighted by molar-refractivity contribution is 5.73. The summed E-state index contributed by atoms with van der Waals surface area (Å²) in [6, 6.07) is 3.31. The van der Waals surface area contributed by atoms with Crippen LogP contribution < -0.4 is 5.32 Å². The summed E-state index contributed by atoms with van der Waals surface area (Å²) >= 11 is 0. The van der Waals surface area contributed by atoms with Crippen LogP contribution in [0.3, 0.4) is 0 Å². The van der Waals surface area contributed by atoms with Crippen molar-refractivity contribution in [3.63, 3.8) is 0 Å². The molecular weight excluding hydrogens is 327 g/mol. The van der Waals surface area contributed by atoms with Crippen LogP contribution in [0.25, 0.3) is 0 Å². The van der Waals surface area contributed by atoms with E-state index in [-0.39, 0.29) is 6.42 Å². The first kappa shape index (κ1) is 19.8. The maximum Gasteiger partial charge on any atom is 0.416 e. The summed E-state index contributed by atoms with van der Waals surface area (Å²) in [5.41, 5.74) is -1.24. The molecule has 0 saturated heterocycles. The average Bonchev–Trinajstić information content (AvgIpc) is 2.43. The topological polar surface area (TPSA) is 64.6 Å². The molecule has 0 heterocycles. The maximum atomic E-state index is 12.6. The smallest absolute Gasteiger partial charge is 0.416 e. The molecule has 0 aliphatic rings. The molecule has 1 atom stereocenters. The molecule has 0 aliphatic heterocycles. The van der Waals surface area contributed by atoms with E-state index in [1.165, 1.54) is 19.2 Å². The zero-order valence-corrected chi connectivity index (χ0v) is 13.9. The Morgan fingerprint density at radius 3 is 2.08 bits per heavy atom. The second-order valence-corrected chi connectivity index (χ2v) is 6.10. The van der Waals surface area contributed by atoms with Crippen molar-refractivity contribution in [3.05, 3.63) is 35.4 Å². The van der Waals surface area contributed by atoms with E-state index >= 15 is 0 Å². The minimum Gasteiger partial charge on any atom is -0.469 e. The zero-order chi connectivity index (χ0) is 18.5. The van der Waals surface area contributed by atoms with Gasteiger partial charge in [0.1, 0.15) is 5.60 Å². The normalized spacial score (nSPS) is 13.1. The van der Waals surface area contributed by atoms with Gasteiger partial charge in [-0.05, 0) is 38.5 Å². The lowest BCUT2D eigenvalue weighted by Gasteiger charge is -2.23. The van der Waals surface area contributed by atoms with Gasteiger partial charge in [-0.1, -0.05) is 12.1 Å². The summed E-state index contributed by atoms with van der Waals surface area (Å²) < 4.78 is 47.5. The molecule has 0 saturated carbocycles. The molecule has 0 aliphatic carbocycles. The number of rotatable bonds is 4. The van der Waals surface area contributed by atoms with Gasteiger partial charge < -0.3 is 14.8 Å². The highest BCUT2D eigenvalue weighted by Crippen LogP contribution is 2.30. The van der Waals surface area contributed by atoms with E-state index in [1.807, 2.05) is 0 Å². The van der Waals surface area contributed by atoms with Gasteiger partial charge in [0.05, 0.1) is 25.1 Å². The summed E-state index contributed by atoms with van der Waals surface area (Å²) in [7, 11) is 1.18. The third-order valence-electron chi connectivity index (χ3n) is 2.93. The molecule has 0 unspecified atom stereocenters. The molecule has 24 heavy (non-hydrogen) atoms. The van der Waals surface area contributed by atoms with Crippen LogP contribution in [0, 0.1) is 0 Å². The van der Waals surface area contributed by atoms with Crippen LogP contribution in [-0.2, 0) is 20.4 Å². The highest BCUT2D eigenvalue weighted by atomic mass is 19.4. The highest BCUT2D eigenvalue weighted by Gasteiger charge is 2.30. The number of ether oxygens (including phenoxy) is 2. The fourth-order valence-electron chi connectivity index (χ4n) is 1.86. The van der Waals surface area contributed by atoms with Crippen molar-refractivity contribution in [2.75, 3.05) is 7.11 Å². The first-order valence-electron chi connectivity index (χ1n) is 7.16. The predicted molar refractivity (Wildman–Crippen MR) is 80.2 cm³/mol. The lowest BCUT2D eigenvalue weighted by Crippen LogP contribution is -2.36. The second kappa shape index (κ2) is 7.55. The molecule has 0 spiro atoms. The number of halogens is 3. The van der Waals surface area contributed by atoms with Crippen molar-refractivity contribution in [2.45, 2.75) is 45.0 Å².